The largest absolute Gasteiger partial charge is 0.477 e. The van der Waals surface area contributed by atoms with Gasteiger partial charge in [0, 0.05) is 17.8 Å². The molecule has 18 heavy (non-hydrogen) atoms. The lowest BCUT2D eigenvalue weighted by Gasteiger charge is -2.01. The second-order valence-electron chi connectivity index (χ2n) is 3.55. The van der Waals surface area contributed by atoms with E-state index in [4.69, 9.17) is 5.11 Å². The molecule has 8 nitrogen and oxygen atoms in total. The number of nitrogens with one attached hydrogen (secondary N) is 1. The quantitative estimate of drug-likeness (QED) is 0.697. The van der Waals surface area contributed by atoms with Gasteiger partial charge in [-0.05, 0) is 6.07 Å². The van der Waals surface area contributed by atoms with Gasteiger partial charge in [-0.25, -0.2) is 23.2 Å². The Balaban J connectivity index is 2.79. The Labute approximate surface area is 100 Å². The summed E-state index contributed by atoms with van der Waals surface area (Å²) in [6, 6.07) is 1.09. The fraction of sp³-hybridized carbons (Fsp3) is 0.111. The van der Waals surface area contributed by atoms with Crippen LogP contribution in [0.25, 0.3) is 11.0 Å². The summed E-state index contributed by atoms with van der Waals surface area (Å²) >= 11 is 0. The van der Waals surface area contributed by atoms with Crippen LogP contribution in [0.5, 0.6) is 0 Å². The molecular formula is C9H7N3O5S. The first kappa shape index (κ1) is 12.2. The summed E-state index contributed by atoms with van der Waals surface area (Å²) in [7, 11) is -3.59. The van der Waals surface area contributed by atoms with E-state index in [9.17, 15) is 18.0 Å². The monoisotopic (exact) mass is 269 g/mol. The number of aromatic carboxylic acids is 1. The first-order valence-electron chi connectivity index (χ1n) is 4.62. The van der Waals surface area contributed by atoms with Crippen LogP contribution in [0, 0.1) is 0 Å². The summed E-state index contributed by atoms with van der Waals surface area (Å²) in [5.74, 6) is -1.38. The highest BCUT2D eigenvalue weighted by Gasteiger charge is 2.14. The predicted molar refractivity (Wildman–Crippen MR) is 60.2 cm³/mol. The summed E-state index contributed by atoms with van der Waals surface area (Å²) < 4.78 is 22.5. The zero-order valence-corrected chi connectivity index (χ0v) is 9.85. The number of hydrogen-bond acceptors (Lipinski definition) is 6. The lowest BCUT2D eigenvalue weighted by Crippen LogP contribution is -2.18. The number of aromatic nitrogens is 3. The number of aromatic amines is 1. The van der Waals surface area contributed by atoms with E-state index in [-0.39, 0.29) is 11.0 Å². The summed E-state index contributed by atoms with van der Waals surface area (Å²) in [5, 5.41) is 8.55. The van der Waals surface area contributed by atoms with E-state index in [1.165, 1.54) is 0 Å². The molecule has 0 amide bonds. The Morgan fingerprint density at radius 2 is 2.11 bits per heavy atom. The molecule has 0 aliphatic rings. The minimum Gasteiger partial charge on any atom is -0.477 e. The van der Waals surface area contributed by atoms with E-state index < -0.39 is 32.1 Å². The molecule has 9 heteroatoms. The van der Waals surface area contributed by atoms with Crippen molar-refractivity contribution in [2.75, 3.05) is 6.26 Å². The molecule has 94 valence electrons. The molecule has 0 aliphatic carbocycles. The molecular weight excluding hydrogens is 262 g/mol. The number of fused-ring (bicyclic) bond motifs is 1. The minimum absolute atomic E-state index is 0.0274. The van der Waals surface area contributed by atoms with Gasteiger partial charge < -0.3 is 10.1 Å². The molecule has 0 saturated carbocycles. The summed E-state index contributed by atoms with van der Waals surface area (Å²) in [4.78, 5) is 31.6. The van der Waals surface area contributed by atoms with E-state index >= 15 is 0 Å². The van der Waals surface area contributed by atoms with Crippen LogP contribution in [0.3, 0.4) is 0 Å². The van der Waals surface area contributed by atoms with Crippen molar-refractivity contribution in [2.24, 2.45) is 0 Å². The SMILES string of the molecule is CS(=O)(=O)c1ncc2cc(C(=O)O)c(=O)[nH]c2n1. The molecule has 0 bridgehead atoms. The van der Waals surface area contributed by atoms with Gasteiger partial charge in [-0.1, -0.05) is 0 Å². The van der Waals surface area contributed by atoms with Gasteiger partial charge in [0.05, 0.1) is 0 Å². The van der Waals surface area contributed by atoms with Crippen LogP contribution in [0.4, 0.5) is 0 Å². The topological polar surface area (TPSA) is 130 Å². The van der Waals surface area contributed by atoms with E-state index in [0.29, 0.717) is 0 Å². The molecule has 2 aromatic rings. The predicted octanol–water partition coefficient (Wildman–Crippen LogP) is -0.580. The van der Waals surface area contributed by atoms with Gasteiger partial charge in [-0.2, -0.15) is 0 Å². The van der Waals surface area contributed by atoms with Crippen molar-refractivity contribution in [1.29, 1.82) is 0 Å². The summed E-state index contributed by atoms with van der Waals surface area (Å²) in [6.45, 7) is 0. The highest BCUT2D eigenvalue weighted by molar-refractivity contribution is 7.90. The van der Waals surface area contributed by atoms with Gasteiger partial charge in [0.1, 0.15) is 11.2 Å². The Morgan fingerprint density at radius 1 is 1.44 bits per heavy atom. The van der Waals surface area contributed by atoms with Gasteiger partial charge in [-0.15, -0.1) is 0 Å². The van der Waals surface area contributed by atoms with Crippen molar-refractivity contribution in [1.82, 2.24) is 15.0 Å². The van der Waals surface area contributed by atoms with Gasteiger partial charge in [-0.3, -0.25) is 4.79 Å². The molecule has 2 rings (SSSR count). The maximum absolute atomic E-state index is 11.4. The zero-order valence-electron chi connectivity index (χ0n) is 9.04. The standard InChI is InChI=1S/C9H7N3O5S/c1-18(16,17)9-10-3-4-2-5(8(14)15)7(13)11-6(4)12-9/h2-3H,1H3,(H,14,15)(H,10,11,12,13). The Kier molecular flexibility index (Phi) is 2.62. The van der Waals surface area contributed by atoms with Gasteiger partial charge >= 0.3 is 5.97 Å². The third-order valence-corrected chi connectivity index (χ3v) is 2.99. The van der Waals surface area contributed by atoms with Gasteiger partial charge in [0.2, 0.25) is 15.0 Å². The third-order valence-electron chi connectivity index (χ3n) is 2.13. The third kappa shape index (κ3) is 2.07. The molecule has 0 atom stereocenters. The fourth-order valence-corrected chi connectivity index (χ4v) is 1.82. The second-order valence-corrected chi connectivity index (χ2v) is 5.46. The molecule has 0 saturated heterocycles. The van der Waals surface area contributed by atoms with Crippen LogP contribution >= 0.6 is 0 Å². The molecule has 2 aromatic heterocycles. The first-order valence-corrected chi connectivity index (χ1v) is 6.51. The number of rotatable bonds is 2. The number of hydrogen-bond donors (Lipinski definition) is 2. The maximum Gasteiger partial charge on any atom is 0.341 e. The number of carbonyl (C=O) groups is 1. The van der Waals surface area contributed by atoms with Crippen LogP contribution in [-0.2, 0) is 9.84 Å². The minimum atomic E-state index is -3.59. The van der Waals surface area contributed by atoms with Crippen molar-refractivity contribution >= 4 is 26.8 Å². The molecule has 2 N–H and O–H groups in total. The average Bonchev–Trinajstić information content (AvgIpc) is 2.25. The normalized spacial score (nSPS) is 11.6. The lowest BCUT2D eigenvalue weighted by atomic mass is 10.2. The van der Waals surface area contributed by atoms with Crippen molar-refractivity contribution in [3.63, 3.8) is 0 Å². The zero-order chi connectivity index (χ0) is 13.5. The number of sulfone groups is 1. The highest BCUT2D eigenvalue weighted by Crippen LogP contribution is 2.10. The number of nitrogens with zero attached hydrogens (tertiary/aromatic N) is 2. The van der Waals surface area contributed by atoms with Crippen molar-refractivity contribution in [3.8, 4) is 0 Å². The van der Waals surface area contributed by atoms with Crippen LogP contribution in [0.1, 0.15) is 10.4 Å². The molecule has 0 fully saturated rings. The molecule has 0 spiro atoms. The first-order chi connectivity index (χ1) is 8.29. The molecule has 0 unspecified atom stereocenters. The van der Waals surface area contributed by atoms with Crippen molar-refractivity contribution < 1.29 is 18.3 Å². The molecule has 0 aliphatic heterocycles. The Hall–Kier alpha value is -2.29. The second kappa shape index (κ2) is 3.88. The van der Waals surface area contributed by atoms with Crippen LogP contribution < -0.4 is 5.56 Å². The number of carboxylic acids is 1. The number of carboxylic acid groups (broad SMARTS) is 1. The van der Waals surface area contributed by atoms with Crippen LogP contribution in [-0.4, -0.2) is 40.7 Å². The maximum atomic E-state index is 11.4. The van der Waals surface area contributed by atoms with Crippen LogP contribution in [0.15, 0.2) is 22.2 Å². The Morgan fingerprint density at radius 3 is 2.67 bits per heavy atom. The molecule has 0 radical (unpaired) electrons. The number of pyridine rings is 1. The fourth-order valence-electron chi connectivity index (χ4n) is 1.31. The van der Waals surface area contributed by atoms with Gasteiger partial charge in [0.15, 0.2) is 0 Å². The van der Waals surface area contributed by atoms with E-state index in [2.05, 4.69) is 15.0 Å². The van der Waals surface area contributed by atoms with Gasteiger partial charge in [0.25, 0.3) is 5.56 Å². The summed E-state index contributed by atoms with van der Waals surface area (Å²) in [6.07, 6.45) is 2.07. The Bertz CT molecular complexity index is 809. The van der Waals surface area contributed by atoms with E-state index in [0.717, 1.165) is 18.5 Å². The van der Waals surface area contributed by atoms with E-state index in [1.807, 2.05) is 0 Å². The molecule has 0 aromatic carbocycles. The summed E-state index contributed by atoms with van der Waals surface area (Å²) in [5.41, 5.74) is -1.34. The highest BCUT2D eigenvalue weighted by atomic mass is 32.2. The van der Waals surface area contributed by atoms with Crippen molar-refractivity contribution in [2.45, 2.75) is 5.16 Å². The lowest BCUT2D eigenvalue weighted by molar-refractivity contribution is 0.0695. The van der Waals surface area contributed by atoms with Crippen molar-refractivity contribution in [3.05, 3.63) is 28.2 Å². The average molecular weight is 269 g/mol. The van der Waals surface area contributed by atoms with E-state index in [1.54, 1.807) is 0 Å². The number of H-pyrrole nitrogens is 1. The molecule has 2 heterocycles. The smallest absolute Gasteiger partial charge is 0.341 e. The van der Waals surface area contributed by atoms with Crippen LogP contribution in [0.2, 0.25) is 0 Å².